The molecule has 0 atom stereocenters. The molecule has 0 saturated carbocycles. The van der Waals surface area contributed by atoms with Gasteiger partial charge in [0.25, 0.3) is 0 Å². The van der Waals surface area contributed by atoms with Gasteiger partial charge in [-0.3, -0.25) is 0 Å². The molecule has 0 radical (unpaired) electrons. The minimum atomic E-state index is 1.09. The molecule has 0 fully saturated rings. The van der Waals surface area contributed by atoms with Crippen LogP contribution in [0.4, 0.5) is 0 Å². The van der Waals surface area contributed by atoms with Gasteiger partial charge in [-0.05, 0) is 43.5 Å². The Hall–Kier alpha value is -2.00. The zero-order chi connectivity index (χ0) is 13.7. The van der Waals surface area contributed by atoms with Crippen molar-refractivity contribution in [2.75, 3.05) is 0 Å². The third-order valence-electron chi connectivity index (χ3n) is 3.25. The van der Waals surface area contributed by atoms with Gasteiger partial charge >= 0.3 is 0 Å². The van der Waals surface area contributed by atoms with Crippen molar-refractivity contribution < 1.29 is 0 Å². The summed E-state index contributed by atoms with van der Waals surface area (Å²) in [4.78, 5) is 0. The van der Waals surface area contributed by atoms with E-state index >= 15 is 0 Å². The van der Waals surface area contributed by atoms with Crippen molar-refractivity contribution in [3.8, 4) is 11.8 Å². The number of benzene rings is 2. The molecule has 0 N–H and O–H groups in total. The Bertz CT molecular complexity index is 624. The van der Waals surface area contributed by atoms with Gasteiger partial charge in [-0.25, -0.2) is 0 Å². The summed E-state index contributed by atoms with van der Waals surface area (Å²) in [5.74, 6) is 6.63. The van der Waals surface area contributed by atoms with Gasteiger partial charge in [0, 0.05) is 11.1 Å². The normalized spacial score (nSPS) is 9.84. The van der Waals surface area contributed by atoms with E-state index in [1.165, 1.54) is 16.7 Å². The van der Waals surface area contributed by atoms with Gasteiger partial charge in [-0.2, -0.15) is 0 Å². The van der Waals surface area contributed by atoms with Crippen molar-refractivity contribution in [1.29, 1.82) is 0 Å². The van der Waals surface area contributed by atoms with E-state index in [0.717, 1.165) is 24.0 Å². The van der Waals surface area contributed by atoms with E-state index in [-0.39, 0.29) is 0 Å². The molecule has 0 heterocycles. The van der Waals surface area contributed by atoms with Crippen LogP contribution in [-0.4, -0.2) is 0 Å². The molecule has 0 aliphatic heterocycles. The Kier molecular flexibility index (Phi) is 4.42. The fraction of sp³-hybridized carbons (Fsp3) is 0.263. The molecular formula is C19H20. The fourth-order valence-corrected chi connectivity index (χ4v) is 2.22. The number of aryl methyl sites for hydroxylation is 3. The fourth-order valence-electron chi connectivity index (χ4n) is 2.22. The van der Waals surface area contributed by atoms with Gasteiger partial charge in [0.15, 0.2) is 0 Å². The quantitative estimate of drug-likeness (QED) is 0.678. The first-order valence-corrected chi connectivity index (χ1v) is 6.88. The van der Waals surface area contributed by atoms with Crippen LogP contribution in [-0.2, 0) is 6.42 Å². The van der Waals surface area contributed by atoms with E-state index in [1.807, 2.05) is 0 Å². The molecule has 0 unspecified atom stereocenters. The minimum absolute atomic E-state index is 1.09. The lowest BCUT2D eigenvalue weighted by Crippen LogP contribution is -1.89. The zero-order valence-electron chi connectivity index (χ0n) is 12.0. The van der Waals surface area contributed by atoms with E-state index in [1.54, 1.807) is 0 Å². The maximum absolute atomic E-state index is 3.32. The highest BCUT2D eigenvalue weighted by Gasteiger charge is 1.98. The maximum atomic E-state index is 3.32. The Morgan fingerprint density at radius 3 is 2.37 bits per heavy atom. The van der Waals surface area contributed by atoms with Crippen molar-refractivity contribution in [2.24, 2.45) is 0 Å². The SMILES string of the molecule is CCCc1ccccc1C#Cc1ccc(C)cc1C. The summed E-state index contributed by atoms with van der Waals surface area (Å²) in [5, 5.41) is 0. The Morgan fingerprint density at radius 1 is 0.895 bits per heavy atom. The van der Waals surface area contributed by atoms with Crippen LogP contribution < -0.4 is 0 Å². The van der Waals surface area contributed by atoms with Crippen molar-refractivity contribution in [3.05, 3.63) is 70.3 Å². The van der Waals surface area contributed by atoms with E-state index < -0.39 is 0 Å². The standard InChI is InChI=1S/C19H20/c1-4-7-18-8-5-6-9-19(18)13-12-17-11-10-15(2)14-16(17)3/h5-6,8-11,14H,4,7H2,1-3H3. The van der Waals surface area contributed by atoms with E-state index in [2.05, 4.69) is 75.1 Å². The van der Waals surface area contributed by atoms with Gasteiger partial charge in [-0.15, -0.1) is 0 Å². The monoisotopic (exact) mass is 248 g/mol. The van der Waals surface area contributed by atoms with Gasteiger partial charge in [0.2, 0.25) is 0 Å². The Balaban J connectivity index is 2.33. The molecule has 2 aromatic rings. The summed E-state index contributed by atoms with van der Waals surface area (Å²) < 4.78 is 0. The molecule has 0 amide bonds. The Labute approximate surface area is 116 Å². The summed E-state index contributed by atoms with van der Waals surface area (Å²) in [6.45, 7) is 6.43. The summed E-state index contributed by atoms with van der Waals surface area (Å²) >= 11 is 0. The first kappa shape index (κ1) is 13.4. The second kappa shape index (κ2) is 6.25. The second-order valence-corrected chi connectivity index (χ2v) is 4.98. The molecular weight excluding hydrogens is 228 g/mol. The highest BCUT2D eigenvalue weighted by molar-refractivity contribution is 5.49. The highest BCUT2D eigenvalue weighted by atomic mass is 14.0. The van der Waals surface area contributed by atoms with E-state index in [4.69, 9.17) is 0 Å². The predicted octanol–water partition coefficient (Wildman–Crippen LogP) is 4.66. The molecule has 0 saturated heterocycles. The smallest absolute Gasteiger partial charge is 0.0281 e. The number of rotatable bonds is 2. The minimum Gasteiger partial charge on any atom is -0.0651 e. The summed E-state index contributed by atoms with van der Waals surface area (Å²) in [7, 11) is 0. The average molecular weight is 248 g/mol. The largest absolute Gasteiger partial charge is 0.0651 e. The Morgan fingerprint density at radius 2 is 1.63 bits per heavy atom. The van der Waals surface area contributed by atoms with Crippen molar-refractivity contribution >= 4 is 0 Å². The highest BCUT2D eigenvalue weighted by Crippen LogP contribution is 2.12. The molecule has 0 bridgehead atoms. The van der Waals surface area contributed by atoms with Gasteiger partial charge < -0.3 is 0 Å². The van der Waals surface area contributed by atoms with Crippen LogP contribution in [0.2, 0.25) is 0 Å². The second-order valence-electron chi connectivity index (χ2n) is 4.98. The molecule has 2 aromatic carbocycles. The molecule has 0 spiro atoms. The lowest BCUT2D eigenvalue weighted by atomic mass is 10.0. The van der Waals surface area contributed by atoms with Crippen LogP contribution in [0.1, 0.15) is 41.2 Å². The lowest BCUT2D eigenvalue weighted by molar-refractivity contribution is 0.919. The number of hydrogen-bond donors (Lipinski definition) is 0. The summed E-state index contributed by atoms with van der Waals surface area (Å²) in [6.07, 6.45) is 2.25. The first-order chi connectivity index (χ1) is 9.20. The average Bonchev–Trinajstić information content (AvgIpc) is 2.40. The molecule has 0 aromatic heterocycles. The van der Waals surface area contributed by atoms with Gasteiger partial charge in [0.1, 0.15) is 0 Å². The van der Waals surface area contributed by atoms with Crippen molar-refractivity contribution in [3.63, 3.8) is 0 Å². The number of hydrogen-bond acceptors (Lipinski definition) is 0. The van der Waals surface area contributed by atoms with Gasteiger partial charge in [-0.1, -0.05) is 61.1 Å². The third-order valence-corrected chi connectivity index (χ3v) is 3.25. The summed E-state index contributed by atoms with van der Waals surface area (Å²) in [6, 6.07) is 14.9. The van der Waals surface area contributed by atoms with Crippen LogP contribution >= 0.6 is 0 Å². The van der Waals surface area contributed by atoms with Crippen molar-refractivity contribution in [1.82, 2.24) is 0 Å². The van der Waals surface area contributed by atoms with Crippen LogP contribution in [0, 0.1) is 25.7 Å². The first-order valence-electron chi connectivity index (χ1n) is 6.88. The summed E-state index contributed by atoms with van der Waals surface area (Å²) in [5.41, 5.74) is 6.17. The topological polar surface area (TPSA) is 0 Å². The molecule has 19 heavy (non-hydrogen) atoms. The van der Waals surface area contributed by atoms with Crippen molar-refractivity contribution in [2.45, 2.75) is 33.6 Å². The molecule has 0 nitrogen and oxygen atoms in total. The molecule has 2 rings (SSSR count). The predicted molar refractivity (Wildman–Crippen MR) is 82.3 cm³/mol. The van der Waals surface area contributed by atoms with E-state index in [9.17, 15) is 0 Å². The maximum Gasteiger partial charge on any atom is 0.0281 e. The zero-order valence-corrected chi connectivity index (χ0v) is 12.0. The van der Waals surface area contributed by atoms with Crippen LogP contribution in [0.5, 0.6) is 0 Å². The lowest BCUT2D eigenvalue weighted by Gasteiger charge is -2.02. The van der Waals surface area contributed by atoms with Gasteiger partial charge in [0.05, 0.1) is 0 Å². The molecule has 0 aliphatic carbocycles. The molecule has 96 valence electrons. The molecule has 0 heteroatoms. The third kappa shape index (κ3) is 3.48. The van der Waals surface area contributed by atoms with Crippen LogP contribution in [0.25, 0.3) is 0 Å². The molecule has 0 aliphatic rings. The van der Waals surface area contributed by atoms with Crippen LogP contribution in [0.3, 0.4) is 0 Å². The van der Waals surface area contributed by atoms with Crippen LogP contribution in [0.15, 0.2) is 42.5 Å². The van der Waals surface area contributed by atoms with E-state index in [0.29, 0.717) is 0 Å².